The first-order chi connectivity index (χ1) is 20.1. The third-order valence-electron chi connectivity index (χ3n) is 6.88. The normalized spacial score (nSPS) is 16.3. The fourth-order valence-corrected chi connectivity index (χ4v) is 5.27. The number of nitrogens with one attached hydrogen (secondary N) is 1. The number of hydrogen-bond donors (Lipinski definition) is 1. The molecule has 0 unspecified atom stereocenters. The summed E-state index contributed by atoms with van der Waals surface area (Å²) in [7, 11) is 1.64. The lowest BCUT2D eigenvalue weighted by Crippen LogP contribution is -2.29. The summed E-state index contributed by atoms with van der Waals surface area (Å²) < 4.78 is 23.3. The van der Waals surface area contributed by atoms with E-state index in [4.69, 9.17) is 30.8 Å². The summed E-state index contributed by atoms with van der Waals surface area (Å²) in [5.74, 6) is 4.58. The number of aromatic nitrogens is 1. The molecule has 0 aliphatic carbocycles. The predicted molar refractivity (Wildman–Crippen MR) is 163 cm³/mol. The van der Waals surface area contributed by atoms with Crippen molar-refractivity contribution in [3.8, 4) is 34.3 Å². The summed E-state index contributed by atoms with van der Waals surface area (Å²) in [5, 5.41) is 4.07. The van der Waals surface area contributed by atoms with Gasteiger partial charge in [-0.2, -0.15) is 0 Å². The zero-order valence-electron chi connectivity index (χ0n) is 22.7. The van der Waals surface area contributed by atoms with Crippen molar-refractivity contribution in [1.29, 1.82) is 0 Å². The maximum absolute atomic E-state index is 6.48. The van der Waals surface area contributed by atoms with Crippen LogP contribution in [0, 0.1) is 0 Å². The Morgan fingerprint density at radius 2 is 1.51 bits per heavy atom. The summed E-state index contributed by atoms with van der Waals surface area (Å²) >= 11 is 5.87. The predicted octanol–water partition coefficient (Wildman–Crippen LogP) is 7.72. The number of anilines is 1. The van der Waals surface area contributed by atoms with Crippen molar-refractivity contribution in [2.75, 3.05) is 18.6 Å². The molecule has 8 heteroatoms. The van der Waals surface area contributed by atoms with E-state index in [1.54, 1.807) is 13.3 Å². The van der Waals surface area contributed by atoms with Crippen LogP contribution < -0.4 is 24.4 Å². The smallest absolute Gasteiger partial charge is 0.174 e. The summed E-state index contributed by atoms with van der Waals surface area (Å²) in [5.41, 5.74) is 2.75. The van der Waals surface area contributed by atoms with Gasteiger partial charge in [0.05, 0.1) is 25.5 Å². The third kappa shape index (κ3) is 5.60. The van der Waals surface area contributed by atoms with Crippen LogP contribution in [0.4, 0.5) is 5.69 Å². The Labute approximate surface area is 244 Å². The van der Waals surface area contributed by atoms with Crippen LogP contribution in [0.1, 0.15) is 30.5 Å². The van der Waals surface area contributed by atoms with Crippen LogP contribution in [0.15, 0.2) is 114 Å². The van der Waals surface area contributed by atoms with E-state index < -0.39 is 0 Å². The van der Waals surface area contributed by atoms with Crippen molar-refractivity contribution < 1.29 is 18.6 Å². The molecule has 1 saturated heterocycles. The quantitative estimate of drug-likeness (QED) is 0.183. The van der Waals surface area contributed by atoms with Gasteiger partial charge >= 0.3 is 0 Å². The van der Waals surface area contributed by atoms with Gasteiger partial charge in [0, 0.05) is 17.4 Å². The number of thiocarbonyl (C=S) groups is 1. The fraction of sp³-hybridized carbons (Fsp3) is 0.152. The Morgan fingerprint density at radius 3 is 2.17 bits per heavy atom. The Hall–Kier alpha value is -4.82. The lowest BCUT2D eigenvalue weighted by molar-refractivity contribution is 0.340. The van der Waals surface area contributed by atoms with Crippen LogP contribution in [-0.2, 0) is 0 Å². The first-order valence-electron chi connectivity index (χ1n) is 13.4. The molecule has 1 aliphatic rings. The molecule has 0 bridgehead atoms. The largest absolute Gasteiger partial charge is 0.497 e. The molecule has 0 saturated carbocycles. The highest BCUT2D eigenvalue weighted by Gasteiger charge is 2.42. The standard InChI is InChI=1S/C33H29N3O4S/c1-3-38-25-11-7-22(8-12-25)29-19-20-30(40-29)32-31(28-6-4-5-21-34-28)35-33(41)36(32)23-9-13-26(14-10-23)39-27-17-15-24(37-2)16-18-27/h4-21,31-32H,3H2,1-2H3,(H,35,41)/t31-,32+/m0/s1. The van der Waals surface area contributed by atoms with Crippen LogP contribution in [0.3, 0.4) is 0 Å². The summed E-state index contributed by atoms with van der Waals surface area (Å²) in [6.45, 7) is 2.59. The van der Waals surface area contributed by atoms with Crippen molar-refractivity contribution in [3.63, 3.8) is 0 Å². The van der Waals surface area contributed by atoms with E-state index in [-0.39, 0.29) is 12.1 Å². The minimum Gasteiger partial charge on any atom is -0.497 e. The Balaban J connectivity index is 1.30. The van der Waals surface area contributed by atoms with Gasteiger partial charge < -0.3 is 28.8 Å². The van der Waals surface area contributed by atoms with Gasteiger partial charge in [0.15, 0.2) is 5.11 Å². The number of rotatable bonds is 9. The molecule has 6 rings (SSSR count). The number of methoxy groups -OCH3 is 1. The van der Waals surface area contributed by atoms with Crippen LogP contribution in [0.25, 0.3) is 11.3 Å². The lowest BCUT2D eigenvalue weighted by atomic mass is 10.0. The molecule has 0 spiro atoms. The zero-order valence-corrected chi connectivity index (χ0v) is 23.5. The summed E-state index contributed by atoms with van der Waals surface area (Å²) in [6.07, 6.45) is 1.79. The number of ether oxygens (including phenoxy) is 3. The molecule has 1 N–H and O–H groups in total. The van der Waals surface area contributed by atoms with Crippen molar-refractivity contribution in [1.82, 2.24) is 10.3 Å². The molecule has 0 radical (unpaired) electrons. The van der Waals surface area contributed by atoms with E-state index >= 15 is 0 Å². The first kappa shape index (κ1) is 26.4. The van der Waals surface area contributed by atoms with Crippen LogP contribution in [0.5, 0.6) is 23.0 Å². The Kier molecular flexibility index (Phi) is 7.56. The van der Waals surface area contributed by atoms with Crippen molar-refractivity contribution in [3.05, 3.63) is 121 Å². The molecule has 41 heavy (non-hydrogen) atoms. The molecule has 2 atom stereocenters. The Bertz CT molecular complexity index is 1600. The fourth-order valence-electron chi connectivity index (χ4n) is 4.93. The number of nitrogens with zero attached hydrogens (tertiary/aromatic N) is 2. The topological polar surface area (TPSA) is 69.0 Å². The van der Waals surface area contributed by atoms with E-state index in [1.807, 2.05) is 110 Å². The van der Waals surface area contributed by atoms with Gasteiger partial charge in [-0.15, -0.1) is 0 Å². The van der Waals surface area contributed by atoms with Gasteiger partial charge in [0.2, 0.25) is 0 Å². The molecule has 1 fully saturated rings. The van der Waals surface area contributed by atoms with Crippen LogP contribution in [-0.4, -0.2) is 23.8 Å². The zero-order chi connectivity index (χ0) is 28.2. The first-order valence-corrected chi connectivity index (χ1v) is 13.8. The van der Waals surface area contributed by atoms with Crippen molar-refractivity contribution in [2.45, 2.75) is 19.0 Å². The van der Waals surface area contributed by atoms with Gasteiger partial charge in [-0.1, -0.05) is 6.07 Å². The van der Waals surface area contributed by atoms with Gasteiger partial charge in [-0.3, -0.25) is 4.98 Å². The van der Waals surface area contributed by atoms with Crippen molar-refractivity contribution in [2.24, 2.45) is 0 Å². The summed E-state index contributed by atoms with van der Waals surface area (Å²) in [6, 6.07) is 32.7. The Morgan fingerprint density at radius 1 is 0.829 bits per heavy atom. The minimum absolute atomic E-state index is 0.210. The monoisotopic (exact) mass is 563 g/mol. The number of pyridine rings is 1. The van der Waals surface area contributed by atoms with Gasteiger partial charge in [-0.05, 0) is 116 Å². The van der Waals surface area contributed by atoms with Gasteiger partial charge in [0.25, 0.3) is 0 Å². The van der Waals surface area contributed by atoms with Crippen LogP contribution in [0.2, 0.25) is 0 Å². The average molecular weight is 564 g/mol. The van der Waals surface area contributed by atoms with E-state index in [0.29, 0.717) is 17.5 Å². The number of benzene rings is 3. The van der Waals surface area contributed by atoms with E-state index in [9.17, 15) is 0 Å². The molecule has 3 aromatic carbocycles. The SMILES string of the molecule is CCOc1ccc(-c2ccc([C@@H]3[C@H](c4ccccn4)NC(=S)N3c3ccc(Oc4ccc(OC)cc4)cc3)o2)cc1. The summed E-state index contributed by atoms with van der Waals surface area (Å²) in [4.78, 5) is 6.71. The second-order valence-electron chi connectivity index (χ2n) is 9.43. The molecule has 206 valence electrons. The molecular weight excluding hydrogens is 534 g/mol. The molecule has 1 aliphatic heterocycles. The lowest BCUT2D eigenvalue weighted by Gasteiger charge is -2.26. The maximum atomic E-state index is 6.48. The third-order valence-corrected chi connectivity index (χ3v) is 7.19. The van der Waals surface area contributed by atoms with E-state index in [1.165, 1.54) is 0 Å². The van der Waals surface area contributed by atoms with Crippen molar-refractivity contribution >= 4 is 23.0 Å². The molecule has 2 aromatic heterocycles. The second kappa shape index (κ2) is 11.7. The molecule has 0 amide bonds. The van der Waals surface area contributed by atoms with Crippen LogP contribution >= 0.6 is 12.2 Å². The highest BCUT2D eigenvalue weighted by molar-refractivity contribution is 7.80. The maximum Gasteiger partial charge on any atom is 0.174 e. The number of hydrogen-bond acceptors (Lipinski definition) is 6. The van der Waals surface area contributed by atoms with E-state index in [0.717, 1.165) is 45.7 Å². The second-order valence-corrected chi connectivity index (χ2v) is 9.81. The highest BCUT2D eigenvalue weighted by atomic mass is 32.1. The van der Waals surface area contributed by atoms with E-state index in [2.05, 4.69) is 15.2 Å². The average Bonchev–Trinajstić information content (AvgIpc) is 3.64. The van der Waals surface area contributed by atoms with Gasteiger partial charge in [0.1, 0.15) is 40.6 Å². The molecule has 3 heterocycles. The van der Waals surface area contributed by atoms with Gasteiger partial charge in [-0.25, -0.2) is 0 Å². The minimum atomic E-state index is -0.262. The molecule has 5 aromatic rings. The molecule has 7 nitrogen and oxygen atoms in total. The highest BCUT2D eigenvalue weighted by Crippen LogP contribution is 2.43. The molecular formula is C33H29N3O4S. The number of furan rings is 1.